The standard InChI is InChI=1S/C18H18FNO5S/c1-24-17-7-6-13(11-14(17)19)26(22,23)20-9-8-15(21)18-10-12-4-2-3-5-16(12)25-18/h2-7,10-11,15,20-21H,8-9H2,1H3/t15-/m0/s1. The summed E-state index contributed by atoms with van der Waals surface area (Å²) in [5.41, 5.74) is 0.649. The van der Waals surface area contributed by atoms with E-state index in [1.54, 1.807) is 12.1 Å². The van der Waals surface area contributed by atoms with Crippen LogP contribution in [0.2, 0.25) is 0 Å². The van der Waals surface area contributed by atoms with Gasteiger partial charge in [0.25, 0.3) is 0 Å². The van der Waals surface area contributed by atoms with Crippen LogP contribution < -0.4 is 9.46 Å². The van der Waals surface area contributed by atoms with Crippen molar-refractivity contribution in [2.45, 2.75) is 17.4 Å². The number of aliphatic hydroxyl groups is 1. The normalized spacial score (nSPS) is 13.0. The number of fused-ring (bicyclic) bond motifs is 1. The molecule has 1 atom stereocenters. The molecule has 8 heteroatoms. The topological polar surface area (TPSA) is 88.8 Å². The van der Waals surface area contributed by atoms with E-state index in [1.165, 1.54) is 19.2 Å². The highest BCUT2D eigenvalue weighted by atomic mass is 32.2. The number of methoxy groups -OCH3 is 1. The minimum atomic E-state index is -3.90. The van der Waals surface area contributed by atoms with Gasteiger partial charge in [0.05, 0.1) is 12.0 Å². The second-order valence-electron chi connectivity index (χ2n) is 5.69. The molecule has 2 aromatic carbocycles. The average Bonchev–Trinajstić information content (AvgIpc) is 3.05. The Kier molecular flexibility index (Phi) is 5.26. The highest BCUT2D eigenvalue weighted by Gasteiger charge is 2.18. The minimum Gasteiger partial charge on any atom is -0.494 e. The van der Waals surface area contributed by atoms with Crippen molar-refractivity contribution in [2.24, 2.45) is 0 Å². The Morgan fingerprint density at radius 3 is 2.69 bits per heavy atom. The molecule has 0 bridgehead atoms. The van der Waals surface area contributed by atoms with Gasteiger partial charge in [0.2, 0.25) is 10.0 Å². The van der Waals surface area contributed by atoms with Crippen LogP contribution in [-0.4, -0.2) is 27.2 Å². The van der Waals surface area contributed by atoms with Crippen molar-refractivity contribution in [3.05, 3.63) is 60.1 Å². The number of aliphatic hydroxyl groups excluding tert-OH is 1. The lowest BCUT2D eigenvalue weighted by atomic mass is 10.2. The van der Waals surface area contributed by atoms with Crippen LogP contribution in [-0.2, 0) is 10.0 Å². The van der Waals surface area contributed by atoms with Crippen molar-refractivity contribution in [2.75, 3.05) is 13.7 Å². The fourth-order valence-corrected chi connectivity index (χ4v) is 3.60. The summed E-state index contributed by atoms with van der Waals surface area (Å²) in [7, 11) is -2.60. The summed E-state index contributed by atoms with van der Waals surface area (Å²) < 4.78 is 50.8. The molecule has 0 saturated carbocycles. The number of para-hydroxylation sites is 1. The van der Waals surface area contributed by atoms with Gasteiger partial charge in [-0.2, -0.15) is 0 Å². The highest BCUT2D eigenvalue weighted by Crippen LogP contribution is 2.25. The molecule has 0 unspecified atom stereocenters. The Bertz CT molecular complexity index is 982. The van der Waals surface area contributed by atoms with Crippen LogP contribution in [0.5, 0.6) is 5.75 Å². The lowest BCUT2D eigenvalue weighted by Crippen LogP contribution is -2.26. The van der Waals surface area contributed by atoms with E-state index >= 15 is 0 Å². The maximum Gasteiger partial charge on any atom is 0.240 e. The average molecular weight is 379 g/mol. The second-order valence-corrected chi connectivity index (χ2v) is 7.45. The SMILES string of the molecule is COc1ccc(S(=O)(=O)NCC[C@H](O)c2cc3ccccc3o2)cc1F. The molecular formula is C18H18FNO5S. The fraction of sp³-hybridized carbons (Fsp3) is 0.222. The van der Waals surface area contributed by atoms with Gasteiger partial charge in [0.1, 0.15) is 17.4 Å². The summed E-state index contributed by atoms with van der Waals surface area (Å²) in [5, 5.41) is 11.1. The zero-order valence-corrected chi connectivity index (χ0v) is 14.8. The molecule has 1 aromatic heterocycles. The molecule has 6 nitrogen and oxygen atoms in total. The number of hydrogen-bond donors (Lipinski definition) is 2. The first kappa shape index (κ1) is 18.4. The van der Waals surface area contributed by atoms with Crippen LogP contribution in [0.4, 0.5) is 4.39 Å². The van der Waals surface area contributed by atoms with Crippen molar-refractivity contribution in [3.8, 4) is 5.75 Å². The molecule has 0 saturated heterocycles. The van der Waals surface area contributed by atoms with Crippen LogP contribution in [0.1, 0.15) is 18.3 Å². The van der Waals surface area contributed by atoms with Gasteiger partial charge in [-0.05, 0) is 36.8 Å². The third-order valence-corrected chi connectivity index (χ3v) is 5.38. The first-order valence-electron chi connectivity index (χ1n) is 7.90. The lowest BCUT2D eigenvalue weighted by Gasteiger charge is -2.10. The van der Waals surface area contributed by atoms with Crippen molar-refractivity contribution in [1.82, 2.24) is 4.72 Å². The second kappa shape index (κ2) is 7.45. The molecule has 3 rings (SSSR count). The molecule has 0 amide bonds. The molecule has 0 aliphatic carbocycles. The molecule has 26 heavy (non-hydrogen) atoms. The van der Waals surface area contributed by atoms with Gasteiger partial charge < -0.3 is 14.3 Å². The summed E-state index contributed by atoms with van der Waals surface area (Å²) in [4.78, 5) is -0.214. The van der Waals surface area contributed by atoms with Gasteiger partial charge in [-0.3, -0.25) is 0 Å². The van der Waals surface area contributed by atoms with Crippen LogP contribution >= 0.6 is 0 Å². The molecular weight excluding hydrogens is 361 g/mol. The Hall–Kier alpha value is -2.42. The van der Waals surface area contributed by atoms with Gasteiger partial charge in [-0.1, -0.05) is 18.2 Å². The fourth-order valence-electron chi connectivity index (χ4n) is 2.54. The number of sulfonamides is 1. The molecule has 2 N–H and O–H groups in total. The molecule has 138 valence electrons. The molecule has 3 aromatic rings. The minimum absolute atomic E-state index is 0.0335. The molecule has 0 aliphatic heterocycles. The predicted molar refractivity (Wildman–Crippen MR) is 93.9 cm³/mol. The zero-order chi connectivity index (χ0) is 18.7. The van der Waals surface area contributed by atoms with E-state index in [0.717, 1.165) is 11.5 Å². The quantitative estimate of drug-likeness (QED) is 0.659. The van der Waals surface area contributed by atoms with Crippen LogP contribution in [0, 0.1) is 5.82 Å². The number of hydrogen-bond acceptors (Lipinski definition) is 5. The molecule has 0 spiro atoms. The summed E-state index contributed by atoms with van der Waals surface area (Å²) in [6.07, 6.45) is -0.852. The Morgan fingerprint density at radius 1 is 1.23 bits per heavy atom. The van der Waals surface area contributed by atoms with Crippen LogP contribution in [0.15, 0.2) is 57.8 Å². The summed E-state index contributed by atoms with van der Waals surface area (Å²) in [6, 6.07) is 12.4. The van der Waals surface area contributed by atoms with Crippen molar-refractivity contribution >= 4 is 21.0 Å². The number of benzene rings is 2. The Morgan fingerprint density at radius 2 is 2.00 bits per heavy atom. The molecule has 1 heterocycles. The third kappa shape index (κ3) is 3.87. The van der Waals surface area contributed by atoms with Gasteiger partial charge >= 0.3 is 0 Å². The lowest BCUT2D eigenvalue weighted by molar-refractivity contribution is 0.144. The third-order valence-electron chi connectivity index (χ3n) is 3.92. The van der Waals surface area contributed by atoms with E-state index < -0.39 is 21.9 Å². The number of nitrogens with one attached hydrogen (secondary N) is 1. The maximum atomic E-state index is 13.7. The van der Waals surface area contributed by atoms with Crippen LogP contribution in [0.25, 0.3) is 11.0 Å². The van der Waals surface area contributed by atoms with Gasteiger partial charge in [-0.25, -0.2) is 17.5 Å². The van der Waals surface area contributed by atoms with E-state index in [-0.39, 0.29) is 23.6 Å². The van der Waals surface area contributed by atoms with Crippen molar-refractivity contribution in [1.29, 1.82) is 0 Å². The van der Waals surface area contributed by atoms with Crippen LogP contribution in [0.3, 0.4) is 0 Å². The Labute approximate surface area is 150 Å². The molecule has 0 fully saturated rings. The summed E-state index contributed by atoms with van der Waals surface area (Å²) in [5.74, 6) is -0.442. The van der Waals surface area contributed by atoms with Gasteiger partial charge in [-0.15, -0.1) is 0 Å². The van der Waals surface area contributed by atoms with Crippen molar-refractivity contribution in [3.63, 3.8) is 0 Å². The maximum absolute atomic E-state index is 13.7. The van der Waals surface area contributed by atoms with E-state index in [9.17, 15) is 17.9 Å². The molecule has 0 radical (unpaired) electrons. The summed E-state index contributed by atoms with van der Waals surface area (Å²) >= 11 is 0. The number of halogens is 1. The predicted octanol–water partition coefficient (Wildman–Crippen LogP) is 2.98. The monoisotopic (exact) mass is 379 g/mol. The van der Waals surface area contributed by atoms with E-state index in [2.05, 4.69) is 4.72 Å². The first-order valence-corrected chi connectivity index (χ1v) is 9.39. The Balaban J connectivity index is 1.63. The van der Waals surface area contributed by atoms with Crippen molar-refractivity contribution < 1.29 is 27.1 Å². The number of ether oxygens (including phenoxy) is 1. The highest BCUT2D eigenvalue weighted by molar-refractivity contribution is 7.89. The largest absolute Gasteiger partial charge is 0.494 e. The van der Waals surface area contributed by atoms with E-state index in [0.29, 0.717) is 11.3 Å². The van der Waals surface area contributed by atoms with E-state index in [4.69, 9.17) is 9.15 Å². The first-order chi connectivity index (χ1) is 12.4. The number of rotatable bonds is 7. The summed E-state index contributed by atoms with van der Waals surface area (Å²) in [6.45, 7) is -0.0335. The molecule has 0 aliphatic rings. The van der Waals surface area contributed by atoms with E-state index in [1.807, 2.05) is 18.2 Å². The van der Waals surface area contributed by atoms with Gasteiger partial charge in [0, 0.05) is 11.9 Å². The number of furan rings is 1. The van der Waals surface area contributed by atoms with Gasteiger partial charge in [0.15, 0.2) is 11.6 Å². The zero-order valence-electron chi connectivity index (χ0n) is 14.0. The smallest absolute Gasteiger partial charge is 0.240 e.